The maximum absolute atomic E-state index is 10.9. The van der Waals surface area contributed by atoms with Crippen molar-refractivity contribution in [3.63, 3.8) is 0 Å². The third-order valence-electron chi connectivity index (χ3n) is 3.20. The Kier molecular flexibility index (Phi) is 7.30. The van der Waals surface area contributed by atoms with Crippen molar-refractivity contribution in [1.29, 1.82) is 0 Å². The summed E-state index contributed by atoms with van der Waals surface area (Å²) in [6.07, 6.45) is 3.94. The Balaban J connectivity index is 1.91. The summed E-state index contributed by atoms with van der Waals surface area (Å²) in [7, 11) is -3.48. The van der Waals surface area contributed by atoms with Crippen LogP contribution in [0.3, 0.4) is 0 Å². The molecule has 24 heavy (non-hydrogen) atoms. The summed E-state index contributed by atoms with van der Waals surface area (Å²) in [5, 5.41) is 0. The first-order chi connectivity index (χ1) is 11.5. The van der Waals surface area contributed by atoms with Crippen LogP contribution >= 0.6 is 0 Å². The Labute approximate surface area is 143 Å². The molecule has 6 heteroatoms. The lowest BCUT2D eigenvalue weighted by molar-refractivity contribution is -0.154. The van der Waals surface area contributed by atoms with E-state index in [1.807, 2.05) is 24.3 Å². The average molecular weight is 348 g/mol. The van der Waals surface area contributed by atoms with E-state index in [0.717, 1.165) is 43.3 Å². The highest BCUT2D eigenvalue weighted by Gasteiger charge is 2.12. The molecule has 1 aromatic rings. The first-order valence-electron chi connectivity index (χ1n) is 7.69. The van der Waals surface area contributed by atoms with Gasteiger partial charge in [-0.1, -0.05) is 35.8 Å². The summed E-state index contributed by atoms with van der Waals surface area (Å²) in [6.45, 7) is 0.860. The molecule has 1 aromatic carbocycles. The third kappa shape index (κ3) is 7.16. The molecule has 1 fully saturated rings. The van der Waals surface area contributed by atoms with Gasteiger partial charge in [0.25, 0.3) is 10.1 Å². The Morgan fingerprint density at radius 1 is 1.12 bits per heavy atom. The van der Waals surface area contributed by atoms with Gasteiger partial charge in [0.15, 0.2) is 6.29 Å². The molecule has 0 spiro atoms. The van der Waals surface area contributed by atoms with Gasteiger partial charge in [0, 0.05) is 17.7 Å². The number of hydrogen-bond donors (Lipinski definition) is 0. The molecular weight excluding hydrogens is 328 g/mol. The van der Waals surface area contributed by atoms with E-state index in [9.17, 15) is 8.42 Å². The largest absolute Gasteiger partial charge is 0.353 e. The van der Waals surface area contributed by atoms with Gasteiger partial charge in [-0.05, 0) is 31.4 Å². The lowest BCUT2D eigenvalue weighted by Gasteiger charge is -2.21. The molecule has 5 nitrogen and oxygen atoms in total. The van der Waals surface area contributed by atoms with E-state index in [1.54, 1.807) is 0 Å². The van der Waals surface area contributed by atoms with Crippen molar-refractivity contribution < 1.29 is 22.1 Å². The standard InChI is InChI=1S/C18H20O5S/c1-24(19,20)23-15-7-11-17-9-3-2-8-16(17)10-6-14-22-18-12-4-5-13-21-18/h2-3,8-9,18H,4-5,12-15H2,1H3. The van der Waals surface area contributed by atoms with Crippen LogP contribution in [0.25, 0.3) is 0 Å². The molecule has 0 radical (unpaired) electrons. The molecule has 1 aliphatic heterocycles. The highest BCUT2D eigenvalue weighted by molar-refractivity contribution is 7.86. The van der Waals surface area contributed by atoms with Crippen molar-refractivity contribution >= 4 is 10.1 Å². The first kappa shape index (κ1) is 18.5. The maximum atomic E-state index is 10.9. The molecule has 0 N–H and O–H groups in total. The normalized spacial score (nSPS) is 17.3. The van der Waals surface area contributed by atoms with Crippen molar-refractivity contribution in [2.45, 2.75) is 25.6 Å². The van der Waals surface area contributed by atoms with Crippen LogP contribution in [0.4, 0.5) is 0 Å². The highest BCUT2D eigenvalue weighted by atomic mass is 32.2. The fourth-order valence-corrected chi connectivity index (χ4v) is 2.35. The quantitative estimate of drug-likeness (QED) is 0.614. The van der Waals surface area contributed by atoms with Gasteiger partial charge in [-0.3, -0.25) is 4.18 Å². The molecule has 0 aromatic heterocycles. The first-order valence-corrected chi connectivity index (χ1v) is 9.50. The Bertz CT molecular complexity index is 756. The summed E-state index contributed by atoms with van der Waals surface area (Å²) in [4.78, 5) is 0. The number of ether oxygens (including phenoxy) is 2. The van der Waals surface area contributed by atoms with Gasteiger partial charge >= 0.3 is 0 Å². The van der Waals surface area contributed by atoms with Crippen LogP contribution in [-0.2, 0) is 23.8 Å². The van der Waals surface area contributed by atoms with E-state index in [4.69, 9.17) is 9.47 Å². The predicted molar refractivity (Wildman–Crippen MR) is 90.5 cm³/mol. The summed E-state index contributed by atoms with van der Waals surface area (Å²) in [5.41, 5.74) is 1.48. The molecule has 0 amide bonds. The summed E-state index contributed by atoms with van der Waals surface area (Å²) < 4.78 is 37.4. The molecule has 0 bridgehead atoms. The molecule has 0 aliphatic carbocycles. The summed E-state index contributed by atoms with van der Waals surface area (Å²) in [6, 6.07) is 7.39. The molecule has 1 unspecified atom stereocenters. The van der Waals surface area contributed by atoms with E-state index in [1.165, 1.54) is 0 Å². The van der Waals surface area contributed by atoms with Crippen molar-refractivity contribution in [2.75, 3.05) is 26.1 Å². The van der Waals surface area contributed by atoms with Crippen LogP contribution in [0.5, 0.6) is 0 Å². The van der Waals surface area contributed by atoms with E-state index in [0.29, 0.717) is 6.61 Å². The van der Waals surface area contributed by atoms with Crippen molar-refractivity contribution in [2.24, 2.45) is 0 Å². The van der Waals surface area contributed by atoms with E-state index in [2.05, 4.69) is 27.9 Å². The Morgan fingerprint density at radius 3 is 2.38 bits per heavy atom. The number of hydrogen-bond acceptors (Lipinski definition) is 5. The van der Waals surface area contributed by atoms with Gasteiger partial charge in [-0.25, -0.2) is 0 Å². The zero-order chi connectivity index (χ0) is 17.3. The summed E-state index contributed by atoms with van der Waals surface area (Å²) in [5.74, 6) is 11.5. The Morgan fingerprint density at radius 2 is 1.79 bits per heavy atom. The van der Waals surface area contributed by atoms with Crippen LogP contribution in [0, 0.1) is 23.7 Å². The van der Waals surface area contributed by atoms with E-state index < -0.39 is 10.1 Å². The lowest BCUT2D eigenvalue weighted by Crippen LogP contribution is -2.22. The van der Waals surface area contributed by atoms with Crippen LogP contribution in [0.1, 0.15) is 30.4 Å². The van der Waals surface area contributed by atoms with E-state index in [-0.39, 0.29) is 12.9 Å². The molecule has 0 saturated carbocycles. The van der Waals surface area contributed by atoms with Crippen LogP contribution in [0.15, 0.2) is 24.3 Å². The third-order valence-corrected chi connectivity index (χ3v) is 3.74. The summed E-state index contributed by atoms with van der Waals surface area (Å²) >= 11 is 0. The lowest BCUT2D eigenvalue weighted by atomic mass is 10.1. The smallest absolute Gasteiger partial charge is 0.265 e. The molecule has 2 rings (SSSR count). The van der Waals surface area contributed by atoms with Gasteiger partial charge in [0.1, 0.15) is 13.2 Å². The second-order valence-corrected chi connectivity index (χ2v) is 6.87. The fraction of sp³-hybridized carbons (Fsp3) is 0.444. The monoisotopic (exact) mass is 348 g/mol. The molecule has 1 aliphatic rings. The number of rotatable bonds is 4. The molecule has 1 saturated heterocycles. The fourth-order valence-electron chi connectivity index (χ4n) is 2.08. The maximum Gasteiger partial charge on any atom is 0.265 e. The molecule has 1 heterocycles. The van der Waals surface area contributed by atoms with Gasteiger partial charge in [0.05, 0.1) is 6.26 Å². The second-order valence-electron chi connectivity index (χ2n) is 5.22. The number of benzene rings is 1. The van der Waals surface area contributed by atoms with Crippen molar-refractivity contribution in [3.05, 3.63) is 35.4 Å². The zero-order valence-electron chi connectivity index (χ0n) is 13.6. The molecule has 1 atom stereocenters. The minimum absolute atomic E-state index is 0.156. The van der Waals surface area contributed by atoms with Crippen LogP contribution in [-0.4, -0.2) is 40.8 Å². The predicted octanol–water partition coefficient (Wildman–Crippen LogP) is 1.91. The minimum Gasteiger partial charge on any atom is -0.353 e. The zero-order valence-corrected chi connectivity index (χ0v) is 14.4. The average Bonchev–Trinajstić information content (AvgIpc) is 2.57. The molecule has 128 valence electrons. The van der Waals surface area contributed by atoms with Crippen LogP contribution in [0.2, 0.25) is 0 Å². The minimum atomic E-state index is -3.48. The van der Waals surface area contributed by atoms with Gasteiger partial charge in [-0.2, -0.15) is 8.42 Å². The Hall–Kier alpha value is -1.83. The van der Waals surface area contributed by atoms with Gasteiger partial charge < -0.3 is 9.47 Å². The van der Waals surface area contributed by atoms with Gasteiger partial charge in [-0.15, -0.1) is 0 Å². The van der Waals surface area contributed by atoms with Crippen molar-refractivity contribution in [3.8, 4) is 23.7 Å². The van der Waals surface area contributed by atoms with E-state index >= 15 is 0 Å². The van der Waals surface area contributed by atoms with Crippen molar-refractivity contribution in [1.82, 2.24) is 0 Å². The van der Waals surface area contributed by atoms with Gasteiger partial charge in [0.2, 0.25) is 0 Å². The highest BCUT2D eigenvalue weighted by Crippen LogP contribution is 2.13. The topological polar surface area (TPSA) is 61.8 Å². The van der Waals surface area contributed by atoms with Crippen LogP contribution < -0.4 is 0 Å². The second kappa shape index (κ2) is 9.46. The molecular formula is C18H20O5S. The SMILES string of the molecule is CS(=O)(=O)OCC#Cc1ccccc1C#CCOC1CCCCO1.